The van der Waals surface area contributed by atoms with Gasteiger partial charge in [-0.2, -0.15) is 0 Å². The Bertz CT molecular complexity index is 1220. The van der Waals surface area contributed by atoms with E-state index in [0.717, 1.165) is 55.1 Å². The molecule has 2 atom stereocenters. The number of fused-ring (bicyclic) bond motifs is 3. The van der Waals surface area contributed by atoms with Crippen molar-refractivity contribution in [3.63, 3.8) is 0 Å². The molecular formula is C27H32N4O3. The number of hydrogen-bond acceptors (Lipinski definition) is 3. The molecular weight excluding hydrogens is 428 g/mol. The zero-order chi connectivity index (χ0) is 23.3. The van der Waals surface area contributed by atoms with Crippen molar-refractivity contribution in [2.75, 3.05) is 13.2 Å². The van der Waals surface area contributed by atoms with E-state index in [2.05, 4.69) is 16.0 Å². The second kappa shape index (κ2) is 8.31. The van der Waals surface area contributed by atoms with Crippen molar-refractivity contribution >= 4 is 22.7 Å². The fourth-order valence-electron chi connectivity index (χ4n) is 6.04. The minimum absolute atomic E-state index is 0.0338. The second-order valence-corrected chi connectivity index (χ2v) is 10.2. The Morgan fingerprint density at radius 3 is 2.59 bits per heavy atom. The highest BCUT2D eigenvalue weighted by Crippen LogP contribution is 2.38. The van der Waals surface area contributed by atoms with Gasteiger partial charge in [-0.05, 0) is 50.8 Å². The van der Waals surface area contributed by atoms with Crippen molar-refractivity contribution in [3.8, 4) is 5.69 Å². The summed E-state index contributed by atoms with van der Waals surface area (Å²) in [4.78, 5) is 29.9. The summed E-state index contributed by atoms with van der Waals surface area (Å²) in [7, 11) is 0. The number of hydrogen-bond donors (Lipinski definition) is 1. The van der Waals surface area contributed by atoms with Crippen LogP contribution in [-0.2, 0) is 16.1 Å². The van der Waals surface area contributed by atoms with Crippen molar-refractivity contribution in [3.05, 3.63) is 54.5 Å². The molecule has 3 aromatic rings. The van der Waals surface area contributed by atoms with Crippen LogP contribution in [0.2, 0.25) is 0 Å². The van der Waals surface area contributed by atoms with Gasteiger partial charge in [-0.3, -0.25) is 9.59 Å². The van der Waals surface area contributed by atoms with Gasteiger partial charge < -0.3 is 24.1 Å². The molecule has 178 valence electrons. The predicted octanol–water partition coefficient (Wildman–Crippen LogP) is 3.88. The molecule has 4 heterocycles. The quantitative estimate of drug-likeness (QED) is 0.628. The minimum atomic E-state index is -0.992. The predicted molar refractivity (Wildman–Crippen MR) is 130 cm³/mol. The molecule has 7 heteroatoms. The lowest BCUT2D eigenvalue weighted by atomic mass is 9.93. The van der Waals surface area contributed by atoms with Crippen LogP contribution in [0.15, 0.2) is 48.8 Å². The van der Waals surface area contributed by atoms with Crippen LogP contribution in [0.25, 0.3) is 16.6 Å². The van der Waals surface area contributed by atoms with Crippen LogP contribution in [-0.4, -0.2) is 56.7 Å². The highest BCUT2D eigenvalue weighted by molar-refractivity contribution is 6.09. The van der Waals surface area contributed by atoms with Crippen LogP contribution in [0.4, 0.5) is 0 Å². The fourth-order valence-corrected chi connectivity index (χ4v) is 6.04. The molecule has 2 aromatic heterocycles. The number of ether oxygens (including phenoxy) is 1. The number of benzene rings is 1. The van der Waals surface area contributed by atoms with E-state index in [4.69, 9.17) is 4.74 Å². The van der Waals surface area contributed by atoms with Gasteiger partial charge in [-0.25, -0.2) is 0 Å². The van der Waals surface area contributed by atoms with E-state index in [0.29, 0.717) is 25.4 Å². The van der Waals surface area contributed by atoms with Crippen LogP contribution < -0.4 is 5.32 Å². The maximum atomic E-state index is 14.3. The maximum Gasteiger partial charge on any atom is 0.273 e. The number of para-hydroxylation sites is 1. The molecule has 2 unspecified atom stereocenters. The van der Waals surface area contributed by atoms with Gasteiger partial charge in [0.15, 0.2) is 0 Å². The monoisotopic (exact) mass is 460 g/mol. The highest BCUT2D eigenvalue weighted by Gasteiger charge is 2.50. The van der Waals surface area contributed by atoms with Crippen LogP contribution in [0, 0.1) is 0 Å². The smallest absolute Gasteiger partial charge is 0.273 e. The fraction of sp³-hybridized carbons (Fsp3) is 0.481. The van der Waals surface area contributed by atoms with E-state index in [1.165, 1.54) is 0 Å². The largest absolute Gasteiger partial charge is 0.376 e. The Morgan fingerprint density at radius 1 is 1.09 bits per heavy atom. The third-order valence-electron chi connectivity index (χ3n) is 7.91. The Morgan fingerprint density at radius 2 is 1.85 bits per heavy atom. The molecule has 3 aliphatic rings. The number of carbonyl (C=O) groups excluding carboxylic acids is 2. The van der Waals surface area contributed by atoms with E-state index in [-0.39, 0.29) is 24.0 Å². The molecule has 2 fully saturated rings. The van der Waals surface area contributed by atoms with Gasteiger partial charge in [0, 0.05) is 37.0 Å². The summed E-state index contributed by atoms with van der Waals surface area (Å²) in [5.74, 6) is -0.164. The first kappa shape index (κ1) is 21.5. The maximum absolute atomic E-state index is 14.3. The van der Waals surface area contributed by atoms with Crippen LogP contribution in [0.1, 0.15) is 55.9 Å². The van der Waals surface area contributed by atoms with Gasteiger partial charge in [0.2, 0.25) is 5.91 Å². The van der Waals surface area contributed by atoms with E-state index in [9.17, 15) is 9.59 Å². The Labute approximate surface area is 199 Å². The first-order valence-electron chi connectivity index (χ1n) is 12.6. The highest BCUT2D eigenvalue weighted by atomic mass is 16.5. The zero-order valence-corrected chi connectivity index (χ0v) is 19.7. The molecule has 1 aromatic carbocycles. The molecule has 34 heavy (non-hydrogen) atoms. The Hall–Kier alpha value is -3.06. The average Bonchev–Trinajstić information content (AvgIpc) is 3.64. The molecule has 0 bridgehead atoms. The van der Waals surface area contributed by atoms with Crippen molar-refractivity contribution in [1.82, 2.24) is 19.4 Å². The van der Waals surface area contributed by atoms with E-state index >= 15 is 0 Å². The van der Waals surface area contributed by atoms with Crippen molar-refractivity contribution < 1.29 is 14.3 Å². The molecule has 1 N–H and O–H groups in total. The summed E-state index contributed by atoms with van der Waals surface area (Å²) >= 11 is 0. The SMILES string of the molecule is CC1(C(=O)NC2CCCC2)Cn2c(c(-n3cccc3)c3ccccc32)C(=O)N1CC1CCCO1. The number of nitrogens with zero attached hydrogens (tertiary/aromatic N) is 3. The second-order valence-electron chi connectivity index (χ2n) is 10.2. The van der Waals surface area contributed by atoms with Gasteiger partial charge in [-0.1, -0.05) is 31.0 Å². The van der Waals surface area contributed by atoms with E-state index in [1.807, 2.05) is 54.2 Å². The molecule has 1 aliphatic carbocycles. The lowest BCUT2D eigenvalue weighted by Gasteiger charge is -2.45. The average molecular weight is 461 g/mol. The van der Waals surface area contributed by atoms with Gasteiger partial charge in [0.25, 0.3) is 5.91 Å². The Balaban J connectivity index is 1.48. The van der Waals surface area contributed by atoms with Crippen LogP contribution in [0.3, 0.4) is 0 Å². The first-order valence-corrected chi connectivity index (χ1v) is 12.6. The van der Waals surface area contributed by atoms with Crippen molar-refractivity contribution in [2.24, 2.45) is 0 Å². The molecule has 2 aliphatic heterocycles. The zero-order valence-electron chi connectivity index (χ0n) is 19.7. The first-order chi connectivity index (χ1) is 16.6. The van der Waals surface area contributed by atoms with Crippen molar-refractivity contribution in [1.29, 1.82) is 0 Å². The lowest BCUT2D eigenvalue weighted by molar-refractivity contribution is -0.134. The molecule has 7 nitrogen and oxygen atoms in total. The van der Waals surface area contributed by atoms with E-state index in [1.54, 1.807) is 4.90 Å². The molecule has 0 spiro atoms. The van der Waals surface area contributed by atoms with Gasteiger partial charge in [0.1, 0.15) is 11.2 Å². The number of rotatable bonds is 5. The van der Waals surface area contributed by atoms with Crippen LogP contribution >= 0.6 is 0 Å². The molecule has 1 saturated heterocycles. The minimum Gasteiger partial charge on any atom is -0.376 e. The standard InChI is InChI=1S/C27H32N4O3/c1-27(26(33)28-19-9-2-3-10-19)18-30-22-13-5-4-12-21(22)23(29-14-6-7-15-29)24(30)25(32)31(27)17-20-11-8-16-34-20/h4-7,12-15,19-20H,2-3,8-11,16-18H2,1H3,(H,28,33). The number of aromatic nitrogens is 2. The van der Waals surface area contributed by atoms with Gasteiger partial charge >= 0.3 is 0 Å². The summed E-state index contributed by atoms with van der Waals surface area (Å²) in [5.41, 5.74) is 1.50. The topological polar surface area (TPSA) is 68.5 Å². The summed E-state index contributed by atoms with van der Waals surface area (Å²) in [5, 5.41) is 4.30. The summed E-state index contributed by atoms with van der Waals surface area (Å²) in [6, 6.07) is 12.2. The molecule has 6 rings (SSSR count). The van der Waals surface area contributed by atoms with Crippen LogP contribution in [0.5, 0.6) is 0 Å². The number of nitrogens with one attached hydrogen (secondary N) is 1. The molecule has 0 radical (unpaired) electrons. The lowest BCUT2D eigenvalue weighted by Crippen LogP contribution is -2.66. The summed E-state index contributed by atoms with van der Waals surface area (Å²) in [6.07, 6.45) is 10.1. The van der Waals surface area contributed by atoms with Gasteiger partial charge in [0.05, 0.1) is 23.9 Å². The Kier molecular flexibility index (Phi) is 5.25. The van der Waals surface area contributed by atoms with E-state index < -0.39 is 5.54 Å². The third kappa shape index (κ3) is 3.36. The number of amides is 2. The number of carbonyl (C=O) groups is 2. The molecule has 2 amide bonds. The normalized spacial score (nSPS) is 25.3. The third-order valence-corrected chi connectivity index (χ3v) is 7.91. The van der Waals surface area contributed by atoms with Gasteiger partial charge in [-0.15, -0.1) is 0 Å². The summed E-state index contributed by atoms with van der Waals surface area (Å²) < 4.78 is 10.00. The summed E-state index contributed by atoms with van der Waals surface area (Å²) in [6.45, 7) is 3.49. The van der Waals surface area contributed by atoms with Crippen molar-refractivity contribution in [2.45, 2.75) is 69.7 Å². The molecule has 1 saturated carbocycles.